The summed E-state index contributed by atoms with van der Waals surface area (Å²) in [5.41, 5.74) is 2.48. The molecule has 0 radical (unpaired) electrons. The van der Waals surface area contributed by atoms with Crippen LogP contribution in [0.5, 0.6) is 0 Å². The molecule has 1 aliphatic rings. The summed E-state index contributed by atoms with van der Waals surface area (Å²) in [6.45, 7) is 5.27. The highest BCUT2D eigenvalue weighted by Crippen LogP contribution is 2.21. The summed E-state index contributed by atoms with van der Waals surface area (Å²) in [7, 11) is 0. The zero-order valence-electron chi connectivity index (χ0n) is 14.3. The normalized spacial score (nSPS) is 15.4. The maximum absolute atomic E-state index is 13.9. The van der Waals surface area contributed by atoms with E-state index in [0.29, 0.717) is 43.3 Å². The van der Waals surface area contributed by atoms with Crippen LogP contribution in [-0.2, 0) is 13.0 Å². The van der Waals surface area contributed by atoms with Crippen molar-refractivity contribution in [2.45, 2.75) is 19.9 Å². The average Bonchev–Trinajstić information content (AvgIpc) is 2.65. The van der Waals surface area contributed by atoms with Gasteiger partial charge >= 0.3 is 0 Å². The fourth-order valence-electron chi connectivity index (χ4n) is 3.08. The summed E-state index contributed by atoms with van der Waals surface area (Å²) in [5, 5.41) is 0.453. The summed E-state index contributed by atoms with van der Waals surface area (Å²) in [6, 6.07) is 12.6. The van der Waals surface area contributed by atoms with Gasteiger partial charge in [-0.1, -0.05) is 36.7 Å². The van der Waals surface area contributed by atoms with E-state index in [2.05, 4.69) is 11.8 Å². The van der Waals surface area contributed by atoms with Crippen molar-refractivity contribution in [2.75, 3.05) is 26.2 Å². The molecule has 1 fully saturated rings. The fraction of sp³-hybridized carbons (Fsp3) is 0.350. The molecule has 0 aliphatic carbocycles. The highest BCUT2D eigenvalue weighted by atomic mass is 35.5. The quantitative estimate of drug-likeness (QED) is 0.822. The predicted octanol–water partition coefficient (Wildman–Crippen LogP) is 4.00. The summed E-state index contributed by atoms with van der Waals surface area (Å²) in [4.78, 5) is 16.6. The molecule has 5 heteroatoms. The number of hydrogen-bond donors (Lipinski definition) is 0. The average molecular weight is 361 g/mol. The molecule has 2 aromatic rings. The molecular weight excluding hydrogens is 339 g/mol. The van der Waals surface area contributed by atoms with Gasteiger partial charge in [-0.15, -0.1) is 0 Å². The van der Waals surface area contributed by atoms with Gasteiger partial charge < -0.3 is 4.90 Å². The summed E-state index contributed by atoms with van der Waals surface area (Å²) >= 11 is 6.10. The topological polar surface area (TPSA) is 23.6 Å². The number of aryl methyl sites for hydroxylation is 1. The van der Waals surface area contributed by atoms with Gasteiger partial charge in [0.25, 0.3) is 5.91 Å². The number of amides is 1. The van der Waals surface area contributed by atoms with Gasteiger partial charge in [-0.25, -0.2) is 4.39 Å². The highest BCUT2D eigenvalue weighted by molar-refractivity contribution is 6.31. The maximum atomic E-state index is 13.9. The molecule has 25 heavy (non-hydrogen) atoms. The second-order valence-electron chi connectivity index (χ2n) is 6.32. The lowest BCUT2D eigenvalue weighted by Crippen LogP contribution is -2.48. The lowest BCUT2D eigenvalue weighted by atomic mass is 10.1. The molecule has 2 aromatic carbocycles. The van der Waals surface area contributed by atoms with E-state index in [1.54, 1.807) is 12.1 Å². The van der Waals surface area contributed by atoms with Gasteiger partial charge in [0.05, 0.1) is 0 Å². The molecule has 132 valence electrons. The molecule has 0 spiro atoms. The summed E-state index contributed by atoms with van der Waals surface area (Å²) < 4.78 is 13.9. The van der Waals surface area contributed by atoms with Crippen molar-refractivity contribution in [3.63, 3.8) is 0 Å². The number of piperazine rings is 1. The van der Waals surface area contributed by atoms with E-state index in [1.807, 2.05) is 29.2 Å². The molecule has 1 saturated heterocycles. The smallest absolute Gasteiger partial charge is 0.253 e. The van der Waals surface area contributed by atoms with Crippen LogP contribution in [0.4, 0.5) is 4.39 Å². The molecule has 3 nitrogen and oxygen atoms in total. The third-order valence-electron chi connectivity index (χ3n) is 4.71. The second kappa shape index (κ2) is 7.98. The van der Waals surface area contributed by atoms with E-state index < -0.39 is 0 Å². The van der Waals surface area contributed by atoms with Crippen LogP contribution < -0.4 is 0 Å². The van der Waals surface area contributed by atoms with E-state index in [9.17, 15) is 9.18 Å². The minimum Gasteiger partial charge on any atom is -0.336 e. The number of carbonyl (C=O) groups excluding carboxylic acids is 1. The van der Waals surface area contributed by atoms with Crippen molar-refractivity contribution in [2.24, 2.45) is 0 Å². The van der Waals surface area contributed by atoms with Crippen LogP contribution >= 0.6 is 11.6 Å². The van der Waals surface area contributed by atoms with Crippen molar-refractivity contribution >= 4 is 17.5 Å². The Balaban J connectivity index is 1.58. The Morgan fingerprint density at radius 3 is 2.36 bits per heavy atom. The SMILES string of the molecule is CCc1ccc(C(=O)N2CCN(Cc3c(F)cccc3Cl)CC2)cc1. The number of carbonyl (C=O) groups is 1. The van der Waals surface area contributed by atoms with Gasteiger partial charge in [-0.2, -0.15) is 0 Å². The fourth-order valence-corrected chi connectivity index (χ4v) is 3.30. The van der Waals surface area contributed by atoms with E-state index in [0.717, 1.165) is 12.0 Å². The van der Waals surface area contributed by atoms with Crippen molar-refractivity contribution in [1.82, 2.24) is 9.80 Å². The predicted molar refractivity (Wildman–Crippen MR) is 98.4 cm³/mol. The molecule has 1 aliphatic heterocycles. The first-order chi connectivity index (χ1) is 12.1. The Labute approximate surface area is 153 Å². The molecule has 3 rings (SSSR count). The third kappa shape index (κ3) is 4.20. The second-order valence-corrected chi connectivity index (χ2v) is 6.73. The Kier molecular flexibility index (Phi) is 5.71. The van der Waals surface area contributed by atoms with Crippen molar-refractivity contribution in [3.05, 3.63) is 70.0 Å². The summed E-state index contributed by atoms with van der Waals surface area (Å²) in [5.74, 6) is -0.215. The Morgan fingerprint density at radius 2 is 1.76 bits per heavy atom. The van der Waals surface area contributed by atoms with Crippen LogP contribution in [-0.4, -0.2) is 41.9 Å². The van der Waals surface area contributed by atoms with Gasteiger partial charge in [0.1, 0.15) is 5.82 Å². The van der Waals surface area contributed by atoms with E-state index >= 15 is 0 Å². The third-order valence-corrected chi connectivity index (χ3v) is 5.07. The Hall–Kier alpha value is -1.91. The first-order valence-corrected chi connectivity index (χ1v) is 8.99. The van der Waals surface area contributed by atoms with Crippen LogP contribution in [0.25, 0.3) is 0 Å². The maximum Gasteiger partial charge on any atom is 0.253 e. The van der Waals surface area contributed by atoms with Crippen LogP contribution in [0, 0.1) is 5.82 Å². The van der Waals surface area contributed by atoms with E-state index in [4.69, 9.17) is 11.6 Å². The number of rotatable bonds is 4. The standard InChI is InChI=1S/C20H22ClFN2O/c1-2-15-6-8-16(9-7-15)20(25)24-12-10-23(11-13-24)14-17-18(21)4-3-5-19(17)22/h3-9H,2,10-14H2,1H3. The molecule has 1 heterocycles. The number of benzene rings is 2. The molecule has 0 N–H and O–H groups in total. The van der Waals surface area contributed by atoms with Crippen molar-refractivity contribution < 1.29 is 9.18 Å². The van der Waals surface area contributed by atoms with Crippen molar-refractivity contribution in [1.29, 1.82) is 0 Å². The zero-order valence-corrected chi connectivity index (χ0v) is 15.1. The molecule has 1 amide bonds. The van der Waals surface area contributed by atoms with Gasteiger partial charge in [0.2, 0.25) is 0 Å². The van der Waals surface area contributed by atoms with Crippen LogP contribution in [0.2, 0.25) is 5.02 Å². The van der Waals surface area contributed by atoms with E-state index in [1.165, 1.54) is 11.6 Å². The lowest BCUT2D eigenvalue weighted by molar-refractivity contribution is 0.0627. The number of nitrogens with zero attached hydrogens (tertiary/aromatic N) is 2. The first-order valence-electron chi connectivity index (χ1n) is 8.62. The molecule has 0 atom stereocenters. The Morgan fingerprint density at radius 1 is 1.08 bits per heavy atom. The minimum absolute atomic E-state index is 0.0613. The van der Waals surface area contributed by atoms with Crippen LogP contribution in [0.1, 0.15) is 28.4 Å². The molecule has 0 saturated carbocycles. The first kappa shape index (κ1) is 17.9. The summed E-state index contributed by atoms with van der Waals surface area (Å²) in [6.07, 6.45) is 0.964. The number of hydrogen-bond acceptors (Lipinski definition) is 2. The van der Waals surface area contributed by atoms with E-state index in [-0.39, 0.29) is 11.7 Å². The zero-order chi connectivity index (χ0) is 17.8. The molecule has 0 unspecified atom stereocenters. The van der Waals surface area contributed by atoms with Crippen molar-refractivity contribution in [3.8, 4) is 0 Å². The van der Waals surface area contributed by atoms with Crippen LogP contribution in [0.15, 0.2) is 42.5 Å². The van der Waals surface area contributed by atoms with Gasteiger partial charge in [-0.3, -0.25) is 9.69 Å². The molecule has 0 aromatic heterocycles. The van der Waals surface area contributed by atoms with Gasteiger partial charge in [-0.05, 0) is 36.2 Å². The van der Waals surface area contributed by atoms with Gasteiger partial charge in [0.15, 0.2) is 0 Å². The minimum atomic E-state index is -0.276. The van der Waals surface area contributed by atoms with Gasteiger partial charge in [0, 0.05) is 48.9 Å². The largest absolute Gasteiger partial charge is 0.336 e. The monoisotopic (exact) mass is 360 g/mol. The molecule has 0 bridgehead atoms. The lowest BCUT2D eigenvalue weighted by Gasteiger charge is -2.35. The number of halogens is 2. The van der Waals surface area contributed by atoms with Crippen LogP contribution in [0.3, 0.4) is 0 Å². The highest BCUT2D eigenvalue weighted by Gasteiger charge is 2.23. The molecular formula is C20H22ClFN2O. The Bertz CT molecular complexity index is 720.